The third-order valence-corrected chi connectivity index (χ3v) is 6.09. The fraction of sp³-hybridized carbons (Fsp3) is 0.579. The van der Waals surface area contributed by atoms with Gasteiger partial charge in [0.15, 0.2) is 5.58 Å². The molecular weight excluding hydrogens is 316 g/mol. The lowest BCUT2D eigenvalue weighted by atomic mass is 9.84. The minimum absolute atomic E-state index is 0.0609. The zero-order valence-electron chi connectivity index (χ0n) is 14.4. The smallest absolute Gasteiger partial charge is 0.270 e. The molecule has 0 aliphatic carbocycles. The largest absolute Gasteiger partial charge is 0.460 e. The standard InChI is InChI=1S/C19H24N4O2/c24-19(21-16-11-22-7-3-13(16)4-8-22)15-9-14-17(23-5-1-2-6-23)12-25-18(14)10-20-15/h9-10,12-13,16H,1-8,11H2,(H,21,24). The molecule has 4 aliphatic heterocycles. The van der Waals surface area contributed by atoms with Crippen molar-refractivity contribution in [2.24, 2.45) is 5.92 Å². The average Bonchev–Trinajstić information content (AvgIpc) is 3.31. The van der Waals surface area contributed by atoms with Crippen molar-refractivity contribution in [2.45, 2.75) is 31.7 Å². The van der Waals surface area contributed by atoms with E-state index in [1.54, 1.807) is 12.5 Å². The van der Waals surface area contributed by atoms with Crippen molar-refractivity contribution in [3.63, 3.8) is 0 Å². The van der Waals surface area contributed by atoms with E-state index in [1.165, 1.54) is 38.8 Å². The van der Waals surface area contributed by atoms with E-state index < -0.39 is 0 Å². The van der Waals surface area contributed by atoms with Crippen molar-refractivity contribution >= 4 is 22.6 Å². The van der Waals surface area contributed by atoms with Crippen LogP contribution in [0.15, 0.2) is 22.9 Å². The summed E-state index contributed by atoms with van der Waals surface area (Å²) in [6.07, 6.45) is 8.29. The fourth-order valence-electron chi connectivity index (χ4n) is 4.62. The van der Waals surface area contributed by atoms with E-state index in [-0.39, 0.29) is 11.9 Å². The van der Waals surface area contributed by atoms with Crippen LogP contribution in [0.25, 0.3) is 11.0 Å². The Morgan fingerprint density at radius 3 is 2.72 bits per heavy atom. The Morgan fingerprint density at radius 2 is 2.00 bits per heavy atom. The SMILES string of the molecule is O=C(NC1CN2CCC1CC2)c1cc2c(N3CCCC3)coc2cn1. The third kappa shape index (κ3) is 2.68. The molecule has 0 spiro atoms. The number of piperidine rings is 3. The van der Waals surface area contributed by atoms with Crippen molar-refractivity contribution in [3.8, 4) is 0 Å². The van der Waals surface area contributed by atoms with Crippen LogP contribution in [0.3, 0.4) is 0 Å². The van der Waals surface area contributed by atoms with E-state index in [2.05, 4.69) is 20.1 Å². The molecule has 1 amide bonds. The number of nitrogens with one attached hydrogen (secondary N) is 1. The number of aromatic nitrogens is 1. The molecule has 2 aromatic rings. The van der Waals surface area contributed by atoms with Gasteiger partial charge in [0.1, 0.15) is 12.0 Å². The van der Waals surface area contributed by atoms with Gasteiger partial charge in [0, 0.05) is 31.1 Å². The molecule has 6 heterocycles. The number of hydrogen-bond acceptors (Lipinski definition) is 5. The van der Waals surface area contributed by atoms with Gasteiger partial charge in [-0.1, -0.05) is 0 Å². The van der Waals surface area contributed by atoms with Crippen LogP contribution in [-0.2, 0) is 0 Å². The summed E-state index contributed by atoms with van der Waals surface area (Å²) in [5.74, 6) is 0.556. The van der Waals surface area contributed by atoms with Gasteiger partial charge >= 0.3 is 0 Å². The second-order valence-corrected chi connectivity index (χ2v) is 7.60. The van der Waals surface area contributed by atoms with Gasteiger partial charge in [0.05, 0.1) is 11.9 Å². The van der Waals surface area contributed by atoms with Crippen molar-refractivity contribution < 1.29 is 9.21 Å². The Morgan fingerprint density at radius 1 is 1.20 bits per heavy atom. The minimum Gasteiger partial charge on any atom is -0.460 e. The lowest BCUT2D eigenvalue weighted by molar-refractivity contribution is 0.0618. The first kappa shape index (κ1) is 15.2. The molecule has 0 aromatic carbocycles. The maximum atomic E-state index is 12.8. The van der Waals surface area contributed by atoms with Crippen LogP contribution in [0.2, 0.25) is 0 Å². The maximum absolute atomic E-state index is 12.8. The summed E-state index contributed by atoms with van der Waals surface area (Å²) in [4.78, 5) is 21.9. The molecule has 132 valence electrons. The highest BCUT2D eigenvalue weighted by Gasteiger charge is 2.35. The summed E-state index contributed by atoms with van der Waals surface area (Å²) < 4.78 is 5.64. The highest BCUT2D eigenvalue weighted by Crippen LogP contribution is 2.32. The lowest BCUT2D eigenvalue weighted by Gasteiger charge is -2.44. The Bertz CT molecular complexity index is 788. The Labute approximate surface area is 147 Å². The second-order valence-electron chi connectivity index (χ2n) is 7.60. The molecule has 4 saturated heterocycles. The molecule has 0 saturated carbocycles. The molecular formula is C19H24N4O2. The summed E-state index contributed by atoms with van der Waals surface area (Å²) in [6.45, 7) is 5.43. The van der Waals surface area contributed by atoms with Gasteiger partial charge in [-0.15, -0.1) is 0 Å². The quantitative estimate of drug-likeness (QED) is 0.929. The molecule has 1 atom stereocenters. The van der Waals surface area contributed by atoms with Crippen molar-refractivity contribution in [3.05, 3.63) is 24.2 Å². The number of furan rings is 1. The van der Waals surface area contributed by atoms with Crippen LogP contribution in [-0.4, -0.2) is 54.6 Å². The number of carbonyl (C=O) groups excluding carboxylic acids is 1. The van der Waals surface area contributed by atoms with E-state index in [0.717, 1.165) is 36.3 Å². The number of pyridine rings is 1. The zero-order chi connectivity index (χ0) is 16.8. The number of rotatable bonds is 3. The number of anilines is 1. The molecule has 0 radical (unpaired) electrons. The van der Waals surface area contributed by atoms with Gasteiger partial charge in [0.25, 0.3) is 5.91 Å². The van der Waals surface area contributed by atoms with Gasteiger partial charge < -0.3 is 19.5 Å². The van der Waals surface area contributed by atoms with Gasteiger partial charge in [-0.05, 0) is 50.8 Å². The Balaban J connectivity index is 1.38. The lowest BCUT2D eigenvalue weighted by Crippen LogP contribution is -2.57. The Kier molecular flexibility index (Phi) is 3.66. The van der Waals surface area contributed by atoms with E-state index in [9.17, 15) is 4.79 Å². The average molecular weight is 340 g/mol. The van der Waals surface area contributed by atoms with Gasteiger partial charge in [-0.25, -0.2) is 4.98 Å². The third-order valence-electron chi connectivity index (χ3n) is 6.09. The summed E-state index contributed by atoms with van der Waals surface area (Å²) in [5, 5.41) is 4.22. The van der Waals surface area contributed by atoms with Crippen molar-refractivity contribution in [1.82, 2.24) is 15.2 Å². The van der Waals surface area contributed by atoms with Gasteiger partial charge in [-0.2, -0.15) is 0 Å². The molecule has 1 unspecified atom stereocenters. The first-order valence-electron chi connectivity index (χ1n) is 9.43. The Hall–Kier alpha value is -2.08. The molecule has 6 nitrogen and oxygen atoms in total. The molecule has 4 aliphatic rings. The van der Waals surface area contributed by atoms with Crippen LogP contribution in [0.1, 0.15) is 36.2 Å². The number of fused-ring (bicyclic) bond motifs is 4. The van der Waals surface area contributed by atoms with Crippen molar-refractivity contribution in [1.29, 1.82) is 0 Å². The fourth-order valence-corrected chi connectivity index (χ4v) is 4.62. The summed E-state index contributed by atoms with van der Waals surface area (Å²) in [5.41, 5.74) is 2.33. The van der Waals surface area contributed by atoms with Crippen LogP contribution in [0.4, 0.5) is 5.69 Å². The highest BCUT2D eigenvalue weighted by atomic mass is 16.3. The molecule has 2 bridgehead atoms. The molecule has 25 heavy (non-hydrogen) atoms. The molecule has 6 heteroatoms. The van der Waals surface area contributed by atoms with E-state index >= 15 is 0 Å². The maximum Gasteiger partial charge on any atom is 0.270 e. The number of hydrogen-bond donors (Lipinski definition) is 1. The monoisotopic (exact) mass is 340 g/mol. The number of nitrogens with zero attached hydrogens (tertiary/aromatic N) is 3. The topological polar surface area (TPSA) is 61.6 Å². The van der Waals surface area contributed by atoms with Crippen LogP contribution in [0.5, 0.6) is 0 Å². The minimum atomic E-state index is -0.0609. The van der Waals surface area contributed by atoms with E-state index in [0.29, 0.717) is 11.6 Å². The van der Waals surface area contributed by atoms with Gasteiger partial charge in [-0.3, -0.25) is 4.79 Å². The normalized spacial score (nSPS) is 28.6. The first-order valence-corrected chi connectivity index (χ1v) is 9.43. The predicted molar refractivity (Wildman–Crippen MR) is 95.9 cm³/mol. The zero-order valence-corrected chi connectivity index (χ0v) is 14.4. The van der Waals surface area contributed by atoms with Crippen LogP contribution < -0.4 is 10.2 Å². The summed E-state index contributed by atoms with van der Waals surface area (Å²) >= 11 is 0. The molecule has 4 fully saturated rings. The second kappa shape index (κ2) is 6.02. The molecule has 2 aromatic heterocycles. The number of amides is 1. The molecule has 6 rings (SSSR count). The van der Waals surface area contributed by atoms with Crippen LogP contribution in [0, 0.1) is 5.92 Å². The van der Waals surface area contributed by atoms with Crippen LogP contribution >= 0.6 is 0 Å². The summed E-state index contributed by atoms with van der Waals surface area (Å²) in [7, 11) is 0. The first-order chi connectivity index (χ1) is 12.3. The van der Waals surface area contributed by atoms with Gasteiger partial charge in [0.2, 0.25) is 0 Å². The van der Waals surface area contributed by atoms with E-state index in [4.69, 9.17) is 4.42 Å². The predicted octanol–water partition coefficient (Wildman–Crippen LogP) is 2.25. The summed E-state index contributed by atoms with van der Waals surface area (Å²) in [6, 6.07) is 2.15. The van der Waals surface area contributed by atoms with Crippen molar-refractivity contribution in [2.75, 3.05) is 37.6 Å². The number of carbonyl (C=O) groups is 1. The highest BCUT2D eigenvalue weighted by molar-refractivity contribution is 5.99. The van der Waals surface area contributed by atoms with E-state index in [1.807, 2.05) is 6.07 Å². The molecule has 1 N–H and O–H groups in total.